The van der Waals surface area contributed by atoms with Crippen LogP contribution in [-0.4, -0.2) is 0 Å². The molecule has 0 aliphatic rings. The Labute approximate surface area is 336 Å². The van der Waals surface area contributed by atoms with Crippen molar-refractivity contribution in [1.82, 2.24) is 0 Å². The van der Waals surface area contributed by atoms with Gasteiger partial charge in [0.1, 0.15) is 0 Å². The number of hydrogen-bond acceptors (Lipinski definition) is 2. The molecule has 0 N–H and O–H groups in total. The van der Waals surface area contributed by atoms with Crippen LogP contribution in [0.4, 0.5) is 0 Å². The Bertz CT molecular complexity index is 1860. The van der Waals surface area contributed by atoms with Crippen molar-refractivity contribution in [3.63, 3.8) is 0 Å². The molecular weight excluding hydrogens is 689 g/mol. The molecule has 2 heterocycles. The maximum Gasteiger partial charge on any atom is 0.0358 e. The lowest BCUT2D eigenvalue weighted by molar-refractivity contribution is 0.556. The Morgan fingerprint density at radius 2 is 0.667 bits per heavy atom. The van der Waals surface area contributed by atoms with Crippen molar-refractivity contribution in [2.24, 2.45) is 0 Å². The molecule has 6 rings (SSSR count). The van der Waals surface area contributed by atoms with E-state index in [0.29, 0.717) is 0 Å². The van der Waals surface area contributed by atoms with Crippen molar-refractivity contribution in [3.8, 4) is 22.3 Å². The lowest BCUT2D eigenvalue weighted by atomic mass is 9.93. The van der Waals surface area contributed by atoms with Gasteiger partial charge in [0.15, 0.2) is 0 Å². The van der Waals surface area contributed by atoms with Crippen LogP contribution >= 0.6 is 22.7 Å². The topological polar surface area (TPSA) is 0 Å². The van der Waals surface area contributed by atoms with E-state index < -0.39 is 0 Å². The Balaban J connectivity index is 1.12. The summed E-state index contributed by atoms with van der Waals surface area (Å²) in [7, 11) is 0. The molecule has 0 fully saturated rings. The van der Waals surface area contributed by atoms with Crippen LogP contribution < -0.4 is 0 Å². The van der Waals surface area contributed by atoms with Crippen LogP contribution in [0.5, 0.6) is 0 Å². The fourth-order valence-electron chi connectivity index (χ4n) is 8.84. The van der Waals surface area contributed by atoms with E-state index in [1.807, 2.05) is 22.7 Å². The summed E-state index contributed by atoms with van der Waals surface area (Å²) in [5, 5.41) is 5.65. The smallest absolute Gasteiger partial charge is 0.0358 e. The number of benzene rings is 4. The summed E-state index contributed by atoms with van der Waals surface area (Å²) in [6.45, 7) is 9.24. The minimum absolute atomic E-state index is 1.20. The quantitative estimate of drug-likeness (QED) is 0.0540. The number of aryl methyl sites for hydroxylation is 4. The highest BCUT2D eigenvalue weighted by Gasteiger charge is 2.19. The first-order valence-corrected chi connectivity index (χ1v) is 23.8. The van der Waals surface area contributed by atoms with Gasteiger partial charge in [-0.25, -0.2) is 0 Å². The fourth-order valence-corrected chi connectivity index (χ4v) is 11.0. The third-order valence-corrected chi connectivity index (χ3v) is 14.1. The lowest BCUT2D eigenvalue weighted by Gasteiger charge is -2.10. The SMILES string of the molecule is CCCCCCCCCCCCc1ccc(-c2c(C)sc3ccc4c(ccc5sc(C)c(-c6ccc(CCCCCCCCCCCC)cc6)c54)c23)cc1. The summed E-state index contributed by atoms with van der Waals surface area (Å²) in [6, 6.07) is 28.8. The summed E-state index contributed by atoms with van der Waals surface area (Å²) in [5.41, 5.74) is 8.53. The van der Waals surface area contributed by atoms with E-state index in [2.05, 4.69) is 100 Å². The van der Waals surface area contributed by atoms with Gasteiger partial charge in [-0.2, -0.15) is 0 Å². The van der Waals surface area contributed by atoms with Gasteiger partial charge >= 0.3 is 0 Å². The minimum Gasteiger partial charge on any atom is -0.140 e. The highest BCUT2D eigenvalue weighted by Crippen LogP contribution is 2.47. The van der Waals surface area contributed by atoms with Crippen molar-refractivity contribution < 1.29 is 0 Å². The molecule has 0 amide bonds. The average molecular weight is 757 g/mol. The molecule has 2 aromatic heterocycles. The molecular formula is C52H68S2. The van der Waals surface area contributed by atoms with Crippen LogP contribution in [0.1, 0.15) is 163 Å². The molecule has 6 aromatic rings. The highest BCUT2D eigenvalue weighted by molar-refractivity contribution is 7.20. The molecule has 0 radical (unpaired) electrons. The summed E-state index contributed by atoms with van der Waals surface area (Å²) >= 11 is 3.90. The van der Waals surface area contributed by atoms with Gasteiger partial charge in [0.2, 0.25) is 0 Å². The number of unbranched alkanes of at least 4 members (excludes halogenated alkanes) is 18. The average Bonchev–Trinajstić information content (AvgIpc) is 3.72. The molecule has 0 unspecified atom stereocenters. The maximum atomic E-state index is 2.41. The second-order valence-electron chi connectivity index (χ2n) is 16.3. The van der Waals surface area contributed by atoms with Crippen molar-refractivity contribution in [1.29, 1.82) is 0 Å². The van der Waals surface area contributed by atoms with Gasteiger partial charge in [0, 0.05) is 41.1 Å². The first kappa shape index (κ1) is 40.7. The molecule has 4 aromatic carbocycles. The normalized spacial score (nSPS) is 11.9. The Hall–Kier alpha value is -2.94. The van der Waals surface area contributed by atoms with Crippen LogP contribution in [-0.2, 0) is 12.8 Å². The van der Waals surface area contributed by atoms with Crippen molar-refractivity contribution in [3.05, 3.63) is 93.7 Å². The molecule has 2 heteroatoms. The van der Waals surface area contributed by atoms with Gasteiger partial charge in [-0.15, -0.1) is 22.7 Å². The van der Waals surface area contributed by atoms with Gasteiger partial charge in [0.25, 0.3) is 0 Å². The van der Waals surface area contributed by atoms with Crippen LogP contribution in [0.15, 0.2) is 72.8 Å². The number of thiophene rings is 2. The zero-order valence-corrected chi connectivity index (χ0v) is 35.9. The van der Waals surface area contributed by atoms with Gasteiger partial charge < -0.3 is 0 Å². The van der Waals surface area contributed by atoms with Gasteiger partial charge in [-0.05, 0) is 84.7 Å². The standard InChI is InChI=1S/C52H68S2/c1-5-7-9-11-13-15-17-19-21-23-25-41-27-31-43(32-28-41)49-39(3)53-47-37-36-46-45(51(47)49)35-38-48-52(46)50(40(4)54-48)44-33-29-42(30-34-44)26-24-22-20-18-16-14-12-10-8-6-2/h27-38H,5-26H2,1-4H3. The van der Waals surface area contributed by atoms with E-state index in [1.165, 1.54) is 215 Å². The molecule has 0 aliphatic heterocycles. The molecule has 0 saturated heterocycles. The van der Waals surface area contributed by atoms with Crippen molar-refractivity contribution in [2.75, 3.05) is 0 Å². The largest absolute Gasteiger partial charge is 0.140 e. The Kier molecular flexibility index (Phi) is 16.1. The zero-order chi connectivity index (χ0) is 37.5. The van der Waals surface area contributed by atoms with E-state index in [0.717, 1.165) is 0 Å². The van der Waals surface area contributed by atoms with Gasteiger partial charge in [-0.1, -0.05) is 190 Å². The predicted molar refractivity (Wildman–Crippen MR) is 246 cm³/mol. The predicted octanol–water partition coefficient (Wildman–Crippen LogP) is 18.1. The lowest BCUT2D eigenvalue weighted by Crippen LogP contribution is -1.88. The van der Waals surface area contributed by atoms with E-state index >= 15 is 0 Å². The summed E-state index contributed by atoms with van der Waals surface area (Å²) in [5.74, 6) is 0. The molecule has 0 aliphatic carbocycles. The van der Waals surface area contributed by atoms with Crippen molar-refractivity contribution >= 4 is 53.6 Å². The van der Waals surface area contributed by atoms with E-state index in [-0.39, 0.29) is 0 Å². The van der Waals surface area contributed by atoms with Crippen LogP contribution in [0.25, 0.3) is 53.2 Å². The second kappa shape index (κ2) is 21.4. The van der Waals surface area contributed by atoms with Crippen LogP contribution in [0.3, 0.4) is 0 Å². The molecule has 0 atom stereocenters. The number of fused-ring (bicyclic) bond motifs is 5. The molecule has 54 heavy (non-hydrogen) atoms. The van der Waals surface area contributed by atoms with E-state index in [1.54, 1.807) is 0 Å². The molecule has 0 nitrogen and oxygen atoms in total. The van der Waals surface area contributed by atoms with Crippen molar-refractivity contribution in [2.45, 2.75) is 169 Å². The van der Waals surface area contributed by atoms with Gasteiger partial charge in [-0.3, -0.25) is 0 Å². The fraction of sp³-hybridized carbons (Fsp3) is 0.500. The third kappa shape index (κ3) is 10.7. The maximum absolute atomic E-state index is 2.41. The Morgan fingerprint density at radius 1 is 0.352 bits per heavy atom. The molecule has 0 bridgehead atoms. The number of hydrogen-bond donors (Lipinski definition) is 0. The summed E-state index contributed by atoms with van der Waals surface area (Å²) in [4.78, 5) is 2.83. The van der Waals surface area contributed by atoms with Crippen LogP contribution in [0, 0.1) is 13.8 Å². The summed E-state index contributed by atoms with van der Waals surface area (Å²) in [6.07, 6.45) is 30.3. The first-order chi connectivity index (χ1) is 26.6. The first-order valence-electron chi connectivity index (χ1n) is 22.2. The van der Waals surface area contributed by atoms with E-state index in [4.69, 9.17) is 0 Å². The minimum atomic E-state index is 1.20. The van der Waals surface area contributed by atoms with Crippen LogP contribution in [0.2, 0.25) is 0 Å². The third-order valence-electron chi connectivity index (χ3n) is 12.0. The molecule has 0 saturated carbocycles. The number of rotatable bonds is 24. The van der Waals surface area contributed by atoms with E-state index in [9.17, 15) is 0 Å². The molecule has 288 valence electrons. The summed E-state index contributed by atoms with van der Waals surface area (Å²) < 4.78 is 2.79. The van der Waals surface area contributed by atoms with Gasteiger partial charge in [0.05, 0.1) is 0 Å². The highest BCUT2D eigenvalue weighted by atomic mass is 32.1. The second-order valence-corrected chi connectivity index (χ2v) is 18.8. The zero-order valence-electron chi connectivity index (χ0n) is 34.3. The molecule has 0 spiro atoms. The Morgan fingerprint density at radius 3 is 1.00 bits per heavy atom. The monoisotopic (exact) mass is 756 g/mol.